The van der Waals surface area contributed by atoms with E-state index in [9.17, 15) is 9.59 Å². The van der Waals surface area contributed by atoms with Crippen LogP contribution in [0, 0.1) is 5.41 Å². The minimum atomic E-state index is -1.39. The summed E-state index contributed by atoms with van der Waals surface area (Å²) in [6, 6.07) is 7.01. The zero-order valence-corrected chi connectivity index (χ0v) is 14.1. The van der Waals surface area contributed by atoms with Gasteiger partial charge in [0.25, 0.3) is 0 Å². The number of carbonyl (C=O) groups excluding carboxylic acids is 2. The SMILES string of the molecule is COC(=O)C(CC=C(C)C)(Cc1ccc(Cl)cc1)C(=O)OC. The monoisotopic (exact) mass is 324 g/mol. The number of carbonyl (C=O) groups is 2. The van der Waals surface area contributed by atoms with Crippen LogP contribution in [0.15, 0.2) is 35.9 Å². The van der Waals surface area contributed by atoms with Crippen LogP contribution >= 0.6 is 11.6 Å². The van der Waals surface area contributed by atoms with Crippen LogP contribution in [0.1, 0.15) is 25.8 Å². The molecule has 1 rings (SSSR count). The van der Waals surface area contributed by atoms with E-state index in [1.165, 1.54) is 14.2 Å². The summed E-state index contributed by atoms with van der Waals surface area (Å²) in [6.07, 6.45) is 2.24. The van der Waals surface area contributed by atoms with Gasteiger partial charge in [-0.05, 0) is 44.4 Å². The van der Waals surface area contributed by atoms with E-state index in [1.54, 1.807) is 24.3 Å². The predicted molar refractivity (Wildman–Crippen MR) is 85.7 cm³/mol. The summed E-state index contributed by atoms with van der Waals surface area (Å²) < 4.78 is 9.74. The van der Waals surface area contributed by atoms with E-state index in [1.807, 2.05) is 19.9 Å². The highest BCUT2D eigenvalue weighted by atomic mass is 35.5. The molecule has 0 N–H and O–H groups in total. The second kappa shape index (κ2) is 7.99. The van der Waals surface area contributed by atoms with Crippen molar-refractivity contribution in [2.75, 3.05) is 14.2 Å². The van der Waals surface area contributed by atoms with Crippen LogP contribution in [0.5, 0.6) is 0 Å². The van der Waals surface area contributed by atoms with Crippen LogP contribution in [-0.2, 0) is 25.5 Å². The summed E-state index contributed by atoms with van der Waals surface area (Å²) in [7, 11) is 2.54. The second-order valence-electron chi connectivity index (χ2n) is 5.35. The summed E-state index contributed by atoms with van der Waals surface area (Å²) >= 11 is 5.87. The van der Waals surface area contributed by atoms with Crippen molar-refractivity contribution in [2.45, 2.75) is 26.7 Å². The number of hydrogen-bond acceptors (Lipinski definition) is 4. The summed E-state index contributed by atoms with van der Waals surface area (Å²) in [5.41, 5.74) is 0.421. The fourth-order valence-electron chi connectivity index (χ4n) is 2.19. The molecule has 0 aliphatic carbocycles. The lowest BCUT2D eigenvalue weighted by Crippen LogP contribution is -2.43. The van der Waals surface area contributed by atoms with Crippen LogP contribution in [0.3, 0.4) is 0 Å². The lowest BCUT2D eigenvalue weighted by Gasteiger charge is -2.27. The molecular weight excluding hydrogens is 304 g/mol. The van der Waals surface area contributed by atoms with Crippen molar-refractivity contribution in [3.8, 4) is 0 Å². The third-order valence-electron chi connectivity index (χ3n) is 3.43. The minimum Gasteiger partial charge on any atom is -0.468 e. The first-order valence-electron chi connectivity index (χ1n) is 6.90. The molecule has 0 radical (unpaired) electrons. The molecule has 0 spiro atoms. The molecule has 120 valence electrons. The summed E-state index contributed by atoms with van der Waals surface area (Å²) in [5, 5.41) is 0.592. The number of methoxy groups -OCH3 is 2. The first-order valence-corrected chi connectivity index (χ1v) is 7.28. The quantitative estimate of drug-likeness (QED) is 0.456. The Morgan fingerprint density at radius 1 is 1.09 bits per heavy atom. The average molecular weight is 325 g/mol. The van der Waals surface area contributed by atoms with Crippen molar-refractivity contribution in [1.29, 1.82) is 0 Å². The third kappa shape index (κ3) is 4.34. The van der Waals surface area contributed by atoms with Gasteiger partial charge in [0.1, 0.15) is 0 Å². The Hall–Kier alpha value is -1.81. The number of ether oxygens (including phenoxy) is 2. The number of benzene rings is 1. The highest BCUT2D eigenvalue weighted by molar-refractivity contribution is 6.30. The van der Waals surface area contributed by atoms with Gasteiger partial charge in [-0.3, -0.25) is 9.59 Å². The molecule has 1 aromatic rings. The van der Waals surface area contributed by atoms with Gasteiger partial charge in [-0.25, -0.2) is 0 Å². The fourth-order valence-corrected chi connectivity index (χ4v) is 2.31. The normalized spacial score (nSPS) is 10.8. The van der Waals surface area contributed by atoms with Gasteiger partial charge >= 0.3 is 11.9 Å². The molecule has 5 heteroatoms. The van der Waals surface area contributed by atoms with Crippen LogP contribution in [-0.4, -0.2) is 26.2 Å². The van der Waals surface area contributed by atoms with E-state index < -0.39 is 17.4 Å². The van der Waals surface area contributed by atoms with Gasteiger partial charge < -0.3 is 9.47 Å². The third-order valence-corrected chi connectivity index (χ3v) is 3.68. The Morgan fingerprint density at radius 2 is 1.59 bits per heavy atom. The molecule has 0 amide bonds. The molecule has 0 saturated carbocycles. The first kappa shape index (κ1) is 18.2. The zero-order chi connectivity index (χ0) is 16.8. The largest absolute Gasteiger partial charge is 0.468 e. The average Bonchev–Trinajstić information content (AvgIpc) is 2.51. The lowest BCUT2D eigenvalue weighted by molar-refractivity contribution is -0.168. The van der Waals surface area contributed by atoms with E-state index in [0.717, 1.165) is 11.1 Å². The van der Waals surface area contributed by atoms with Gasteiger partial charge in [0.2, 0.25) is 0 Å². The molecule has 0 saturated heterocycles. The topological polar surface area (TPSA) is 52.6 Å². The number of hydrogen-bond donors (Lipinski definition) is 0. The molecule has 0 aliphatic heterocycles. The molecule has 0 unspecified atom stereocenters. The van der Waals surface area contributed by atoms with Gasteiger partial charge in [-0.1, -0.05) is 35.4 Å². The van der Waals surface area contributed by atoms with Gasteiger partial charge in [-0.2, -0.15) is 0 Å². The van der Waals surface area contributed by atoms with Gasteiger partial charge in [0, 0.05) is 5.02 Å². The zero-order valence-electron chi connectivity index (χ0n) is 13.3. The second-order valence-corrected chi connectivity index (χ2v) is 5.79. The Labute approximate surface area is 136 Å². The molecule has 22 heavy (non-hydrogen) atoms. The Bertz CT molecular complexity index is 541. The summed E-state index contributed by atoms with van der Waals surface area (Å²) in [5.74, 6) is -1.21. The van der Waals surface area contributed by atoms with Gasteiger partial charge in [0.05, 0.1) is 14.2 Å². The molecule has 0 bridgehead atoms. The van der Waals surface area contributed by atoms with Crippen molar-refractivity contribution in [1.82, 2.24) is 0 Å². The molecule has 0 aromatic heterocycles. The van der Waals surface area contributed by atoms with Crippen LogP contribution in [0.4, 0.5) is 0 Å². The summed E-state index contributed by atoms with van der Waals surface area (Å²) in [4.78, 5) is 24.7. The number of allylic oxidation sites excluding steroid dienone is 2. The number of rotatable bonds is 6. The Kier molecular flexibility index (Phi) is 6.62. The molecule has 0 fully saturated rings. The Balaban J connectivity index is 3.27. The standard InChI is InChI=1S/C17H21ClO4/c1-12(2)9-10-17(15(19)21-3,16(20)22-4)11-13-5-7-14(18)8-6-13/h5-9H,10-11H2,1-4H3. The molecular formula is C17H21ClO4. The molecule has 0 heterocycles. The highest BCUT2D eigenvalue weighted by Crippen LogP contribution is 2.32. The van der Waals surface area contributed by atoms with Crippen molar-refractivity contribution in [3.05, 3.63) is 46.5 Å². The lowest BCUT2D eigenvalue weighted by atomic mass is 9.78. The summed E-state index contributed by atoms with van der Waals surface area (Å²) in [6.45, 7) is 3.81. The van der Waals surface area contributed by atoms with Crippen LogP contribution in [0.2, 0.25) is 5.02 Å². The maximum atomic E-state index is 12.3. The molecule has 0 atom stereocenters. The predicted octanol–water partition coefficient (Wildman–Crippen LogP) is 3.57. The van der Waals surface area contributed by atoms with E-state index in [4.69, 9.17) is 21.1 Å². The molecule has 4 nitrogen and oxygen atoms in total. The van der Waals surface area contributed by atoms with Crippen LogP contribution in [0.25, 0.3) is 0 Å². The van der Waals surface area contributed by atoms with Gasteiger partial charge in [-0.15, -0.1) is 0 Å². The smallest absolute Gasteiger partial charge is 0.323 e. The maximum Gasteiger partial charge on any atom is 0.323 e. The van der Waals surface area contributed by atoms with Crippen molar-refractivity contribution < 1.29 is 19.1 Å². The van der Waals surface area contributed by atoms with Crippen LogP contribution < -0.4 is 0 Å². The number of halogens is 1. The first-order chi connectivity index (χ1) is 10.4. The van der Waals surface area contributed by atoms with Gasteiger partial charge in [0.15, 0.2) is 5.41 Å². The molecule has 0 aliphatic rings. The van der Waals surface area contributed by atoms with Crippen molar-refractivity contribution in [2.24, 2.45) is 5.41 Å². The van der Waals surface area contributed by atoms with Crippen molar-refractivity contribution in [3.63, 3.8) is 0 Å². The minimum absolute atomic E-state index is 0.188. The van der Waals surface area contributed by atoms with E-state index in [-0.39, 0.29) is 12.8 Å². The van der Waals surface area contributed by atoms with E-state index in [0.29, 0.717) is 5.02 Å². The Morgan fingerprint density at radius 3 is 2.00 bits per heavy atom. The van der Waals surface area contributed by atoms with Crippen molar-refractivity contribution >= 4 is 23.5 Å². The van der Waals surface area contributed by atoms with E-state index in [2.05, 4.69) is 0 Å². The number of esters is 2. The molecule has 1 aromatic carbocycles. The highest BCUT2D eigenvalue weighted by Gasteiger charge is 2.47. The van der Waals surface area contributed by atoms with E-state index >= 15 is 0 Å². The maximum absolute atomic E-state index is 12.3. The fraction of sp³-hybridized carbons (Fsp3) is 0.412.